The van der Waals surface area contributed by atoms with Crippen LogP contribution in [0, 0.1) is 0 Å². The van der Waals surface area contributed by atoms with Crippen LogP contribution in [0.3, 0.4) is 0 Å². The largest absolute Gasteiger partial charge is 0.486 e. The number of benzene rings is 1. The van der Waals surface area contributed by atoms with E-state index in [0.29, 0.717) is 19.7 Å². The number of ether oxygens (including phenoxy) is 2. The molecule has 0 aliphatic carbocycles. The Morgan fingerprint density at radius 1 is 1.32 bits per heavy atom. The predicted molar refractivity (Wildman–Crippen MR) is 86.4 cm³/mol. The average Bonchev–Trinajstić information content (AvgIpc) is 2.54. The Bertz CT molecular complexity index is 479. The van der Waals surface area contributed by atoms with Crippen LogP contribution in [-0.4, -0.2) is 49.7 Å². The van der Waals surface area contributed by atoms with Crippen LogP contribution in [0.15, 0.2) is 24.3 Å². The number of hydrogen-bond acceptors (Lipinski definition) is 4. The van der Waals surface area contributed by atoms with Gasteiger partial charge < -0.3 is 14.8 Å². The van der Waals surface area contributed by atoms with E-state index in [2.05, 4.69) is 24.1 Å². The van der Waals surface area contributed by atoms with Crippen LogP contribution in [0.2, 0.25) is 0 Å². The van der Waals surface area contributed by atoms with Gasteiger partial charge in [0.05, 0.1) is 6.54 Å². The molecule has 1 heterocycles. The van der Waals surface area contributed by atoms with Crippen molar-refractivity contribution < 1.29 is 14.3 Å². The summed E-state index contributed by atoms with van der Waals surface area (Å²) < 4.78 is 11.7. The van der Waals surface area contributed by atoms with Gasteiger partial charge in [-0.2, -0.15) is 0 Å². The smallest absolute Gasteiger partial charge is 0.234 e. The van der Waals surface area contributed by atoms with Crippen LogP contribution >= 0.6 is 0 Å². The van der Waals surface area contributed by atoms with Gasteiger partial charge in [0.25, 0.3) is 0 Å². The van der Waals surface area contributed by atoms with E-state index >= 15 is 0 Å². The van der Waals surface area contributed by atoms with Gasteiger partial charge in [-0.05, 0) is 25.1 Å². The van der Waals surface area contributed by atoms with Crippen LogP contribution in [0.1, 0.15) is 26.7 Å². The van der Waals surface area contributed by atoms with Crippen molar-refractivity contribution in [1.82, 2.24) is 10.2 Å². The van der Waals surface area contributed by atoms with Gasteiger partial charge in [-0.3, -0.25) is 9.69 Å². The van der Waals surface area contributed by atoms with Crippen molar-refractivity contribution in [2.24, 2.45) is 0 Å². The first-order valence-electron chi connectivity index (χ1n) is 8.10. The molecular weight excluding hydrogens is 280 g/mol. The highest BCUT2D eigenvalue weighted by molar-refractivity contribution is 5.77. The molecule has 5 heteroatoms. The molecule has 0 aromatic heterocycles. The second kappa shape index (κ2) is 8.63. The SMILES string of the molecule is CCCCNC(=O)CN(CC)CC1COc2ccccc2O1. The van der Waals surface area contributed by atoms with Crippen LogP contribution in [0.25, 0.3) is 0 Å². The van der Waals surface area contributed by atoms with Gasteiger partial charge in [-0.15, -0.1) is 0 Å². The Kier molecular flexibility index (Phi) is 6.52. The minimum Gasteiger partial charge on any atom is -0.486 e. The van der Waals surface area contributed by atoms with Crippen molar-refractivity contribution >= 4 is 5.91 Å². The van der Waals surface area contributed by atoms with Gasteiger partial charge in [0.15, 0.2) is 11.5 Å². The zero-order valence-corrected chi connectivity index (χ0v) is 13.5. The number of unbranched alkanes of at least 4 members (excludes halogenated alkanes) is 1. The van der Waals surface area contributed by atoms with Crippen LogP contribution in [0.4, 0.5) is 0 Å². The fraction of sp³-hybridized carbons (Fsp3) is 0.588. The summed E-state index contributed by atoms with van der Waals surface area (Å²) in [6.45, 7) is 7.34. The molecule has 1 unspecified atom stereocenters. The molecule has 1 aromatic carbocycles. The number of para-hydroxylation sites is 2. The second-order valence-corrected chi connectivity index (χ2v) is 5.53. The fourth-order valence-electron chi connectivity index (χ4n) is 2.41. The minimum absolute atomic E-state index is 0.0432. The van der Waals surface area contributed by atoms with E-state index in [1.165, 1.54) is 0 Å². The summed E-state index contributed by atoms with van der Waals surface area (Å²) in [5.41, 5.74) is 0. The van der Waals surface area contributed by atoms with Crippen molar-refractivity contribution in [3.63, 3.8) is 0 Å². The lowest BCUT2D eigenvalue weighted by molar-refractivity contribution is -0.122. The summed E-state index contributed by atoms with van der Waals surface area (Å²) in [5.74, 6) is 1.65. The standard InChI is InChI=1S/C17H26N2O3/c1-3-5-10-18-17(20)12-19(4-2)11-14-13-21-15-8-6-7-9-16(15)22-14/h6-9,14H,3-5,10-13H2,1-2H3,(H,18,20). The van der Waals surface area contributed by atoms with Crippen LogP contribution in [-0.2, 0) is 4.79 Å². The first-order valence-corrected chi connectivity index (χ1v) is 8.10. The molecule has 0 saturated carbocycles. The summed E-state index contributed by atoms with van der Waals surface area (Å²) in [4.78, 5) is 14.0. The number of carbonyl (C=O) groups excluding carboxylic acids is 1. The van der Waals surface area contributed by atoms with Crippen molar-refractivity contribution in [3.8, 4) is 11.5 Å². The summed E-state index contributed by atoms with van der Waals surface area (Å²) >= 11 is 0. The van der Waals surface area contributed by atoms with Crippen molar-refractivity contribution in [1.29, 1.82) is 0 Å². The maximum Gasteiger partial charge on any atom is 0.234 e. The topological polar surface area (TPSA) is 50.8 Å². The van der Waals surface area contributed by atoms with Crippen LogP contribution < -0.4 is 14.8 Å². The number of nitrogens with one attached hydrogen (secondary N) is 1. The Morgan fingerprint density at radius 2 is 2.09 bits per heavy atom. The average molecular weight is 306 g/mol. The zero-order chi connectivity index (χ0) is 15.8. The molecule has 1 aromatic rings. The summed E-state index contributed by atoms with van der Waals surface area (Å²) in [6, 6.07) is 7.68. The van der Waals surface area contributed by atoms with E-state index < -0.39 is 0 Å². The van der Waals surface area contributed by atoms with E-state index in [1.807, 2.05) is 24.3 Å². The Balaban J connectivity index is 1.80. The monoisotopic (exact) mass is 306 g/mol. The maximum atomic E-state index is 11.9. The molecule has 1 amide bonds. The Hall–Kier alpha value is -1.75. The molecule has 0 spiro atoms. The van der Waals surface area contributed by atoms with Gasteiger partial charge in [0, 0.05) is 13.1 Å². The normalized spacial score (nSPS) is 16.6. The second-order valence-electron chi connectivity index (χ2n) is 5.53. The molecule has 22 heavy (non-hydrogen) atoms. The summed E-state index contributed by atoms with van der Waals surface area (Å²) in [7, 11) is 0. The lowest BCUT2D eigenvalue weighted by Crippen LogP contribution is -2.45. The number of hydrogen-bond donors (Lipinski definition) is 1. The van der Waals surface area contributed by atoms with E-state index in [-0.39, 0.29) is 12.0 Å². The quantitative estimate of drug-likeness (QED) is 0.747. The predicted octanol–water partition coefficient (Wildman–Crippen LogP) is 2.06. The molecule has 1 aliphatic heterocycles. The maximum absolute atomic E-state index is 11.9. The molecule has 0 saturated heterocycles. The fourth-order valence-corrected chi connectivity index (χ4v) is 2.41. The zero-order valence-electron chi connectivity index (χ0n) is 13.5. The number of rotatable bonds is 8. The number of carbonyl (C=O) groups is 1. The molecule has 122 valence electrons. The molecule has 0 radical (unpaired) electrons. The van der Waals surface area contributed by atoms with Crippen LogP contribution in [0.5, 0.6) is 11.5 Å². The number of likely N-dealkylation sites (N-methyl/N-ethyl adjacent to an activating group) is 1. The molecule has 1 N–H and O–H groups in total. The number of fused-ring (bicyclic) bond motifs is 1. The van der Waals surface area contributed by atoms with Crippen molar-refractivity contribution in [2.75, 3.05) is 32.8 Å². The third-order valence-corrected chi connectivity index (χ3v) is 3.70. The molecule has 0 fully saturated rings. The lowest BCUT2D eigenvalue weighted by atomic mass is 10.2. The van der Waals surface area contributed by atoms with Gasteiger partial charge in [0.1, 0.15) is 12.7 Å². The molecule has 2 rings (SSSR count). The van der Waals surface area contributed by atoms with Crippen molar-refractivity contribution in [3.05, 3.63) is 24.3 Å². The Labute approximate surface area is 132 Å². The summed E-state index contributed by atoms with van der Waals surface area (Å²) in [6.07, 6.45) is 2.07. The third-order valence-electron chi connectivity index (χ3n) is 3.70. The highest BCUT2D eigenvalue weighted by atomic mass is 16.6. The van der Waals surface area contributed by atoms with E-state index in [1.54, 1.807) is 0 Å². The van der Waals surface area contributed by atoms with Crippen molar-refractivity contribution in [2.45, 2.75) is 32.8 Å². The third kappa shape index (κ3) is 4.91. The van der Waals surface area contributed by atoms with E-state index in [4.69, 9.17) is 9.47 Å². The molecule has 0 bridgehead atoms. The number of nitrogens with zero attached hydrogens (tertiary/aromatic N) is 1. The minimum atomic E-state index is -0.0432. The first kappa shape index (κ1) is 16.6. The van der Waals surface area contributed by atoms with Gasteiger partial charge >= 0.3 is 0 Å². The first-order chi connectivity index (χ1) is 10.7. The van der Waals surface area contributed by atoms with E-state index in [0.717, 1.165) is 37.4 Å². The van der Waals surface area contributed by atoms with Gasteiger partial charge in [-0.1, -0.05) is 32.4 Å². The Morgan fingerprint density at radius 3 is 2.82 bits per heavy atom. The summed E-state index contributed by atoms with van der Waals surface area (Å²) in [5, 5.41) is 2.95. The van der Waals surface area contributed by atoms with Gasteiger partial charge in [0.2, 0.25) is 5.91 Å². The highest BCUT2D eigenvalue weighted by Gasteiger charge is 2.23. The lowest BCUT2D eigenvalue weighted by Gasteiger charge is -2.30. The molecule has 5 nitrogen and oxygen atoms in total. The van der Waals surface area contributed by atoms with Gasteiger partial charge in [-0.25, -0.2) is 0 Å². The van der Waals surface area contributed by atoms with E-state index in [9.17, 15) is 4.79 Å². The molecular formula is C17H26N2O3. The number of amides is 1. The highest BCUT2D eigenvalue weighted by Crippen LogP contribution is 2.30. The molecule has 1 aliphatic rings. The molecule has 1 atom stereocenters.